The highest BCUT2D eigenvalue weighted by atomic mass is 16.4. The van der Waals surface area contributed by atoms with Gasteiger partial charge in [0.15, 0.2) is 0 Å². The fraction of sp³-hybridized carbons (Fsp3) is 0.846. The molecule has 7 nitrogen and oxygen atoms in total. The summed E-state index contributed by atoms with van der Waals surface area (Å²) in [6.07, 6.45) is 0. The molecule has 20 heavy (non-hydrogen) atoms. The molecule has 7 heteroatoms. The summed E-state index contributed by atoms with van der Waals surface area (Å²) in [4.78, 5) is 27.8. The van der Waals surface area contributed by atoms with Crippen molar-refractivity contribution < 1.29 is 14.7 Å². The van der Waals surface area contributed by atoms with E-state index in [0.29, 0.717) is 19.6 Å². The van der Waals surface area contributed by atoms with Gasteiger partial charge in [0.2, 0.25) is 5.91 Å². The Labute approximate surface area is 121 Å². The first-order chi connectivity index (χ1) is 9.35. The van der Waals surface area contributed by atoms with E-state index in [1.54, 1.807) is 11.9 Å². The number of likely N-dealkylation sites (N-methyl/N-ethyl adjacent to an activating group) is 4. The molecule has 0 aromatic rings. The zero-order chi connectivity index (χ0) is 15.5. The summed E-state index contributed by atoms with van der Waals surface area (Å²) < 4.78 is 0. The van der Waals surface area contributed by atoms with E-state index in [4.69, 9.17) is 5.11 Å². The molecule has 0 bridgehead atoms. The van der Waals surface area contributed by atoms with Crippen molar-refractivity contribution in [1.82, 2.24) is 20.0 Å². The molecule has 118 valence electrons. The Hall–Kier alpha value is -1.18. The van der Waals surface area contributed by atoms with Crippen LogP contribution in [0.1, 0.15) is 6.92 Å². The Balaban J connectivity index is 3.73. The lowest BCUT2D eigenvalue weighted by Crippen LogP contribution is -2.40. The smallest absolute Gasteiger partial charge is 0.317 e. The zero-order valence-electron chi connectivity index (χ0n) is 13.1. The molecule has 0 aromatic carbocycles. The van der Waals surface area contributed by atoms with Gasteiger partial charge in [-0.2, -0.15) is 0 Å². The number of carbonyl (C=O) groups excluding carboxylic acids is 1. The van der Waals surface area contributed by atoms with Crippen LogP contribution in [-0.4, -0.2) is 98.6 Å². The average molecular weight is 288 g/mol. The third-order valence-corrected chi connectivity index (χ3v) is 2.92. The first kappa shape index (κ1) is 18.8. The molecule has 0 atom stereocenters. The minimum Gasteiger partial charge on any atom is -0.480 e. The summed E-state index contributed by atoms with van der Waals surface area (Å²) in [5.74, 6) is -0.768. The van der Waals surface area contributed by atoms with Gasteiger partial charge in [-0.1, -0.05) is 0 Å². The van der Waals surface area contributed by atoms with Gasteiger partial charge < -0.3 is 15.3 Å². The van der Waals surface area contributed by atoms with Crippen molar-refractivity contribution in [1.29, 1.82) is 0 Å². The van der Waals surface area contributed by atoms with Gasteiger partial charge in [0.1, 0.15) is 0 Å². The van der Waals surface area contributed by atoms with Crippen molar-refractivity contribution >= 4 is 11.9 Å². The molecule has 0 unspecified atom stereocenters. The Morgan fingerprint density at radius 3 is 1.80 bits per heavy atom. The number of carbonyl (C=O) groups is 2. The second kappa shape index (κ2) is 10.6. The summed E-state index contributed by atoms with van der Waals surface area (Å²) in [5.41, 5.74) is 0. The zero-order valence-corrected chi connectivity index (χ0v) is 13.1. The molecule has 2 N–H and O–H groups in total. The van der Waals surface area contributed by atoms with Crippen LogP contribution < -0.4 is 5.32 Å². The minimum absolute atomic E-state index is 0.0406. The Bertz CT molecular complexity index is 299. The topological polar surface area (TPSA) is 76.1 Å². The second-order valence-corrected chi connectivity index (χ2v) is 5.13. The van der Waals surface area contributed by atoms with Gasteiger partial charge in [-0.15, -0.1) is 0 Å². The first-order valence-electron chi connectivity index (χ1n) is 6.89. The molecular weight excluding hydrogens is 260 g/mol. The van der Waals surface area contributed by atoms with Crippen molar-refractivity contribution in [2.45, 2.75) is 6.92 Å². The molecule has 0 heterocycles. The maximum atomic E-state index is 11.4. The number of carboxylic acids is 1. The standard InChI is InChI=1S/C13H28N4O3/c1-5-14-12(18)10-16(3)8-6-15(2)7-9-17(4)11-13(19)20/h5-11H2,1-4H3,(H,14,18)(H,19,20). The summed E-state index contributed by atoms with van der Waals surface area (Å²) >= 11 is 0. The van der Waals surface area contributed by atoms with Crippen molar-refractivity contribution in [3.63, 3.8) is 0 Å². The summed E-state index contributed by atoms with van der Waals surface area (Å²) in [5, 5.41) is 11.4. The van der Waals surface area contributed by atoms with Crippen LogP contribution in [0.4, 0.5) is 0 Å². The van der Waals surface area contributed by atoms with E-state index < -0.39 is 5.97 Å². The van der Waals surface area contributed by atoms with Crippen LogP contribution in [0, 0.1) is 0 Å². The van der Waals surface area contributed by atoms with E-state index in [9.17, 15) is 9.59 Å². The monoisotopic (exact) mass is 288 g/mol. The molecule has 0 aliphatic heterocycles. The number of amides is 1. The molecule has 1 amide bonds. The molecule has 0 aromatic heterocycles. The highest BCUT2D eigenvalue weighted by Crippen LogP contribution is 1.89. The van der Waals surface area contributed by atoms with Crippen molar-refractivity contribution in [3.8, 4) is 0 Å². The minimum atomic E-state index is -0.808. The average Bonchev–Trinajstić information content (AvgIpc) is 2.33. The predicted octanol–water partition coefficient (Wildman–Crippen LogP) is -0.997. The van der Waals surface area contributed by atoms with Gasteiger partial charge in [-0.05, 0) is 28.1 Å². The normalized spacial score (nSPS) is 11.3. The van der Waals surface area contributed by atoms with Gasteiger partial charge in [-0.3, -0.25) is 19.4 Å². The number of nitrogens with one attached hydrogen (secondary N) is 1. The fourth-order valence-electron chi connectivity index (χ4n) is 1.68. The van der Waals surface area contributed by atoms with Gasteiger partial charge in [-0.25, -0.2) is 0 Å². The van der Waals surface area contributed by atoms with E-state index in [0.717, 1.165) is 19.6 Å². The van der Waals surface area contributed by atoms with Crippen LogP contribution in [0.5, 0.6) is 0 Å². The Morgan fingerprint density at radius 2 is 1.35 bits per heavy atom. The van der Waals surface area contributed by atoms with Crippen molar-refractivity contribution in [3.05, 3.63) is 0 Å². The highest BCUT2D eigenvalue weighted by molar-refractivity contribution is 5.77. The van der Waals surface area contributed by atoms with Gasteiger partial charge >= 0.3 is 5.97 Å². The van der Waals surface area contributed by atoms with Gasteiger partial charge in [0, 0.05) is 32.7 Å². The number of rotatable bonds is 11. The lowest BCUT2D eigenvalue weighted by Gasteiger charge is -2.23. The van der Waals surface area contributed by atoms with E-state index in [1.807, 2.05) is 25.9 Å². The third kappa shape index (κ3) is 10.7. The van der Waals surface area contributed by atoms with Crippen LogP contribution >= 0.6 is 0 Å². The Kier molecular flexibility index (Phi) is 9.96. The molecule has 0 rings (SSSR count). The van der Waals surface area contributed by atoms with Gasteiger partial charge in [0.25, 0.3) is 0 Å². The van der Waals surface area contributed by atoms with Crippen LogP contribution in [0.2, 0.25) is 0 Å². The van der Waals surface area contributed by atoms with Crippen LogP contribution in [0.3, 0.4) is 0 Å². The quantitative estimate of drug-likeness (QED) is 0.508. The molecular formula is C13H28N4O3. The maximum absolute atomic E-state index is 11.4. The van der Waals surface area contributed by atoms with Crippen molar-refractivity contribution in [2.75, 3.05) is 67.0 Å². The Morgan fingerprint density at radius 1 is 0.900 bits per heavy atom. The first-order valence-corrected chi connectivity index (χ1v) is 6.89. The predicted molar refractivity (Wildman–Crippen MR) is 78.8 cm³/mol. The summed E-state index contributed by atoms with van der Waals surface area (Å²) in [6.45, 7) is 6.18. The largest absolute Gasteiger partial charge is 0.480 e. The number of aliphatic carboxylic acids is 1. The van der Waals surface area contributed by atoms with E-state index in [2.05, 4.69) is 10.2 Å². The number of carboxylic acid groups (broad SMARTS) is 1. The SMILES string of the molecule is CCNC(=O)CN(C)CCN(C)CCN(C)CC(=O)O. The summed E-state index contributed by atoms with van der Waals surface area (Å²) in [7, 11) is 5.71. The second-order valence-electron chi connectivity index (χ2n) is 5.13. The van der Waals surface area contributed by atoms with Crippen molar-refractivity contribution in [2.24, 2.45) is 0 Å². The molecule has 0 fully saturated rings. The van der Waals surface area contributed by atoms with E-state index in [1.165, 1.54) is 0 Å². The van der Waals surface area contributed by atoms with E-state index in [-0.39, 0.29) is 12.5 Å². The van der Waals surface area contributed by atoms with Crippen LogP contribution in [0.25, 0.3) is 0 Å². The highest BCUT2D eigenvalue weighted by Gasteiger charge is 2.08. The third-order valence-electron chi connectivity index (χ3n) is 2.92. The molecule has 0 saturated carbocycles. The lowest BCUT2D eigenvalue weighted by molar-refractivity contribution is -0.138. The molecule has 0 aliphatic rings. The van der Waals surface area contributed by atoms with Crippen LogP contribution in [0.15, 0.2) is 0 Å². The van der Waals surface area contributed by atoms with Gasteiger partial charge in [0.05, 0.1) is 13.1 Å². The molecule has 0 saturated heterocycles. The molecule has 0 radical (unpaired) electrons. The fourth-order valence-corrected chi connectivity index (χ4v) is 1.68. The molecule has 0 aliphatic carbocycles. The van der Waals surface area contributed by atoms with Crippen LogP contribution in [-0.2, 0) is 9.59 Å². The van der Waals surface area contributed by atoms with E-state index >= 15 is 0 Å². The number of nitrogens with zero attached hydrogens (tertiary/aromatic N) is 3. The lowest BCUT2D eigenvalue weighted by atomic mass is 10.4. The number of hydrogen-bond acceptors (Lipinski definition) is 5. The maximum Gasteiger partial charge on any atom is 0.317 e. The molecule has 0 spiro atoms. The summed E-state index contributed by atoms with van der Waals surface area (Å²) in [6, 6.07) is 0. The number of hydrogen-bond donors (Lipinski definition) is 2.